The highest BCUT2D eigenvalue weighted by molar-refractivity contribution is 14.0. The molecule has 0 fully saturated rings. The molecule has 0 aliphatic carbocycles. The number of rotatable bonds is 8. The maximum absolute atomic E-state index is 13.6. The maximum atomic E-state index is 13.6. The monoisotopic (exact) mass is 553 g/mol. The molecule has 6 nitrogen and oxygen atoms in total. The Hall–Kier alpha value is -1.53. The number of guanidine groups is 1. The van der Waals surface area contributed by atoms with E-state index in [0.717, 1.165) is 11.2 Å². The summed E-state index contributed by atoms with van der Waals surface area (Å²) >= 11 is 0. The van der Waals surface area contributed by atoms with E-state index in [4.69, 9.17) is 0 Å². The highest BCUT2D eigenvalue weighted by Crippen LogP contribution is 2.14. The van der Waals surface area contributed by atoms with Crippen LogP contribution in [0.2, 0.25) is 0 Å². The van der Waals surface area contributed by atoms with Gasteiger partial charge < -0.3 is 10.6 Å². The molecular weight excluding hydrogens is 528 g/mol. The van der Waals surface area contributed by atoms with E-state index in [2.05, 4.69) is 15.6 Å². The Balaban J connectivity index is 0.00000420. The van der Waals surface area contributed by atoms with Crippen molar-refractivity contribution in [3.8, 4) is 0 Å². The standard InChI is InChI=1S/C19H24FN3O3S2.HI/c1-21-19(22-10-11-27(24)18-6-4-3-5-7-18)23-13-16-12-17(20)9-8-15(16)14-28(2,25)26;/h3-9,12H,10-11,13-14H2,1-2H3,(H2,21,22,23);1H. The van der Waals surface area contributed by atoms with Gasteiger partial charge in [-0.15, -0.1) is 24.0 Å². The molecular formula is C19H25FIN3O3S2. The molecule has 0 heterocycles. The summed E-state index contributed by atoms with van der Waals surface area (Å²) in [6.07, 6.45) is 1.14. The summed E-state index contributed by atoms with van der Waals surface area (Å²) in [5.74, 6) is 0.269. The third-order valence-corrected chi connectivity index (χ3v) is 6.05. The van der Waals surface area contributed by atoms with Gasteiger partial charge in [-0.05, 0) is 35.4 Å². The topological polar surface area (TPSA) is 87.6 Å². The minimum absolute atomic E-state index is 0. The van der Waals surface area contributed by atoms with Crippen molar-refractivity contribution >= 4 is 50.6 Å². The second-order valence-electron chi connectivity index (χ2n) is 6.20. The van der Waals surface area contributed by atoms with E-state index in [9.17, 15) is 17.0 Å². The summed E-state index contributed by atoms with van der Waals surface area (Å²) in [6, 6.07) is 13.2. The van der Waals surface area contributed by atoms with Gasteiger partial charge in [0.15, 0.2) is 15.8 Å². The fourth-order valence-electron chi connectivity index (χ4n) is 2.53. The first-order valence-electron chi connectivity index (χ1n) is 8.61. The van der Waals surface area contributed by atoms with Gasteiger partial charge in [-0.2, -0.15) is 0 Å². The molecule has 0 aliphatic rings. The second-order valence-corrected chi connectivity index (χ2v) is 9.91. The number of nitrogens with zero attached hydrogens (tertiary/aromatic N) is 1. The summed E-state index contributed by atoms with van der Waals surface area (Å²) in [5, 5.41) is 6.09. The predicted molar refractivity (Wildman–Crippen MR) is 126 cm³/mol. The molecule has 0 radical (unpaired) electrons. The normalized spacial score (nSPS) is 12.7. The van der Waals surface area contributed by atoms with Gasteiger partial charge in [0, 0.05) is 37.0 Å². The second kappa shape index (κ2) is 12.2. The van der Waals surface area contributed by atoms with E-state index in [1.54, 1.807) is 7.05 Å². The first kappa shape index (κ1) is 25.5. The Morgan fingerprint density at radius 2 is 1.79 bits per heavy atom. The molecule has 1 unspecified atom stereocenters. The number of aliphatic imine (C=N–C) groups is 1. The number of halogens is 2. The van der Waals surface area contributed by atoms with Crippen LogP contribution in [0.1, 0.15) is 11.1 Å². The fraction of sp³-hybridized carbons (Fsp3) is 0.316. The van der Waals surface area contributed by atoms with E-state index < -0.39 is 26.5 Å². The molecule has 0 bridgehead atoms. The minimum atomic E-state index is -3.24. The van der Waals surface area contributed by atoms with E-state index >= 15 is 0 Å². The summed E-state index contributed by atoms with van der Waals surface area (Å²) in [6.45, 7) is 0.643. The molecule has 2 aromatic carbocycles. The smallest absolute Gasteiger partial charge is 0.191 e. The number of benzene rings is 2. The van der Waals surface area contributed by atoms with Gasteiger partial charge in [-0.25, -0.2) is 12.8 Å². The van der Waals surface area contributed by atoms with Crippen LogP contribution in [0.25, 0.3) is 0 Å². The van der Waals surface area contributed by atoms with Gasteiger partial charge in [-0.3, -0.25) is 9.20 Å². The number of hydrogen-bond donors (Lipinski definition) is 2. The first-order chi connectivity index (χ1) is 13.3. The van der Waals surface area contributed by atoms with Crippen molar-refractivity contribution < 1.29 is 17.0 Å². The molecule has 160 valence electrons. The predicted octanol–water partition coefficient (Wildman–Crippen LogP) is 2.46. The lowest BCUT2D eigenvalue weighted by Gasteiger charge is -2.14. The highest BCUT2D eigenvalue weighted by Gasteiger charge is 2.11. The van der Waals surface area contributed by atoms with E-state index in [1.165, 1.54) is 18.2 Å². The lowest BCUT2D eigenvalue weighted by Crippen LogP contribution is -2.38. The van der Waals surface area contributed by atoms with Gasteiger partial charge in [0.1, 0.15) is 5.82 Å². The largest absolute Gasteiger partial charge is 0.355 e. The maximum Gasteiger partial charge on any atom is 0.191 e. The van der Waals surface area contributed by atoms with Crippen molar-refractivity contribution in [3.63, 3.8) is 0 Å². The van der Waals surface area contributed by atoms with Crippen LogP contribution in [0, 0.1) is 5.82 Å². The van der Waals surface area contributed by atoms with Gasteiger partial charge in [-0.1, -0.05) is 24.3 Å². The Labute approximate surface area is 190 Å². The molecule has 0 aromatic heterocycles. The SMILES string of the molecule is CN=C(NCCS(=O)c1ccccc1)NCc1cc(F)ccc1CS(C)(=O)=O.I. The van der Waals surface area contributed by atoms with Crippen molar-refractivity contribution in [2.24, 2.45) is 4.99 Å². The molecule has 0 aliphatic heterocycles. The third-order valence-electron chi connectivity index (χ3n) is 3.84. The van der Waals surface area contributed by atoms with E-state index in [1.807, 2.05) is 30.3 Å². The third kappa shape index (κ3) is 9.22. The molecule has 10 heteroatoms. The molecule has 0 spiro atoms. The lowest BCUT2D eigenvalue weighted by molar-refractivity contribution is 0.599. The molecule has 0 saturated carbocycles. The number of nitrogens with one attached hydrogen (secondary N) is 2. The fourth-order valence-corrected chi connectivity index (χ4v) is 4.36. The molecule has 1 atom stereocenters. The summed E-state index contributed by atoms with van der Waals surface area (Å²) < 4.78 is 49.0. The first-order valence-corrected chi connectivity index (χ1v) is 12.0. The molecule has 0 amide bonds. The average Bonchev–Trinajstić information content (AvgIpc) is 2.66. The summed E-state index contributed by atoms with van der Waals surface area (Å²) in [5.41, 5.74) is 1.08. The van der Waals surface area contributed by atoms with Gasteiger partial charge in [0.05, 0.1) is 16.6 Å². The van der Waals surface area contributed by atoms with Crippen molar-refractivity contribution in [2.75, 3.05) is 25.6 Å². The molecule has 2 rings (SSSR count). The number of sulfone groups is 1. The van der Waals surface area contributed by atoms with Crippen LogP contribution >= 0.6 is 24.0 Å². The van der Waals surface area contributed by atoms with Crippen LogP contribution < -0.4 is 10.6 Å². The Morgan fingerprint density at radius 3 is 2.41 bits per heavy atom. The van der Waals surface area contributed by atoms with Crippen LogP contribution in [0.3, 0.4) is 0 Å². The van der Waals surface area contributed by atoms with E-state index in [0.29, 0.717) is 29.4 Å². The molecule has 2 aromatic rings. The van der Waals surface area contributed by atoms with Gasteiger partial charge in [0.25, 0.3) is 0 Å². The number of hydrogen-bond acceptors (Lipinski definition) is 4. The zero-order chi connectivity index (χ0) is 20.6. The summed E-state index contributed by atoms with van der Waals surface area (Å²) in [4.78, 5) is 4.84. The van der Waals surface area contributed by atoms with Crippen molar-refractivity contribution in [3.05, 3.63) is 65.5 Å². The zero-order valence-electron chi connectivity index (χ0n) is 16.2. The highest BCUT2D eigenvalue weighted by atomic mass is 127. The minimum Gasteiger partial charge on any atom is -0.355 e. The zero-order valence-corrected chi connectivity index (χ0v) is 20.2. The molecule has 29 heavy (non-hydrogen) atoms. The van der Waals surface area contributed by atoms with Crippen molar-refractivity contribution in [1.82, 2.24) is 10.6 Å². The van der Waals surface area contributed by atoms with Crippen LogP contribution in [-0.2, 0) is 32.9 Å². The van der Waals surface area contributed by atoms with Crippen LogP contribution in [0.15, 0.2) is 58.4 Å². The Kier molecular flexibility index (Phi) is 10.8. The molecule has 0 saturated heterocycles. The van der Waals surface area contributed by atoms with Gasteiger partial charge >= 0.3 is 0 Å². The lowest BCUT2D eigenvalue weighted by atomic mass is 10.1. The Morgan fingerprint density at radius 1 is 1.10 bits per heavy atom. The summed E-state index contributed by atoms with van der Waals surface area (Å²) in [7, 11) is -2.77. The quantitative estimate of drug-likeness (QED) is 0.298. The van der Waals surface area contributed by atoms with Crippen LogP contribution in [0.4, 0.5) is 4.39 Å². The van der Waals surface area contributed by atoms with Gasteiger partial charge in [0.2, 0.25) is 0 Å². The average molecular weight is 553 g/mol. The van der Waals surface area contributed by atoms with Crippen molar-refractivity contribution in [1.29, 1.82) is 0 Å². The Bertz CT molecular complexity index is 954. The van der Waals surface area contributed by atoms with Crippen molar-refractivity contribution in [2.45, 2.75) is 17.2 Å². The van der Waals surface area contributed by atoms with Crippen LogP contribution in [0.5, 0.6) is 0 Å². The van der Waals surface area contributed by atoms with Crippen LogP contribution in [-0.4, -0.2) is 44.2 Å². The van der Waals surface area contributed by atoms with E-state index in [-0.39, 0.29) is 36.3 Å². The molecule has 2 N–H and O–H groups in total.